The van der Waals surface area contributed by atoms with Crippen molar-refractivity contribution in [1.82, 2.24) is 4.90 Å². The van der Waals surface area contributed by atoms with Crippen molar-refractivity contribution in [2.75, 3.05) is 11.9 Å². The Labute approximate surface area is 95.2 Å². The van der Waals surface area contributed by atoms with Crippen LogP contribution >= 0.6 is 15.9 Å². The molecule has 3 heteroatoms. The number of amides is 1. The van der Waals surface area contributed by atoms with Gasteiger partial charge in [-0.1, -0.05) is 22.9 Å². The summed E-state index contributed by atoms with van der Waals surface area (Å²) >= 11 is 3.39. The molecule has 0 radical (unpaired) electrons. The molecule has 1 aliphatic carbocycles. The summed E-state index contributed by atoms with van der Waals surface area (Å²) in [5.41, 5.74) is 0. The second-order valence-electron chi connectivity index (χ2n) is 4.44. The molecule has 1 fully saturated rings. The second-order valence-corrected chi connectivity index (χ2v) is 5.23. The van der Waals surface area contributed by atoms with Crippen molar-refractivity contribution in [1.29, 1.82) is 0 Å². The molecule has 1 aliphatic rings. The molecule has 0 heterocycles. The van der Waals surface area contributed by atoms with Crippen LogP contribution in [0.4, 0.5) is 0 Å². The fourth-order valence-electron chi connectivity index (χ4n) is 1.77. The minimum Gasteiger partial charge on any atom is -0.339 e. The first-order valence-corrected chi connectivity index (χ1v) is 6.56. The Bertz CT molecular complexity index is 201. The summed E-state index contributed by atoms with van der Waals surface area (Å²) in [6.07, 6.45) is 2.49. The van der Waals surface area contributed by atoms with E-state index in [0.717, 1.165) is 11.9 Å². The molecule has 0 aromatic heterocycles. The number of hydrogen-bond donors (Lipinski definition) is 0. The van der Waals surface area contributed by atoms with Crippen molar-refractivity contribution in [2.45, 2.75) is 39.7 Å². The summed E-state index contributed by atoms with van der Waals surface area (Å²) in [6, 6.07) is 0.321. The molecular formula is C11H20BrNO. The molecule has 82 valence electrons. The van der Waals surface area contributed by atoms with E-state index in [4.69, 9.17) is 0 Å². The highest BCUT2D eigenvalue weighted by molar-refractivity contribution is 9.09. The quantitative estimate of drug-likeness (QED) is 0.697. The van der Waals surface area contributed by atoms with E-state index in [2.05, 4.69) is 36.7 Å². The van der Waals surface area contributed by atoms with Crippen LogP contribution in [0.2, 0.25) is 0 Å². The first-order valence-electron chi connectivity index (χ1n) is 5.44. The van der Waals surface area contributed by atoms with Crippen LogP contribution in [0.15, 0.2) is 0 Å². The van der Waals surface area contributed by atoms with Gasteiger partial charge in [0.15, 0.2) is 0 Å². The van der Waals surface area contributed by atoms with Gasteiger partial charge in [0.1, 0.15) is 0 Å². The van der Waals surface area contributed by atoms with Gasteiger partial charge in [-0.05, 0) is 32.6 Å². The van der Waals surface area contributed by atoms with Crippen LogP contribution in [0.25, 0.3) is 0 Å². The number of carbonyl (C=O) groups is 1. The average molecular weight is 262 g/mol. The minimum absolute atomic E-state index is 0.233. The van der Waals surface area contributed by atoms with E-state index in [1.54, 1.807) is 0 Å². The Hall–Kier alpha value is -0.0500. The van der Waals surface area contributed by atoms with E-state index in [9.17, 15) is 4.79 Å². The highest BCUT2D eigenvalue weighted by atomic mass is 79.9. The van der Waals surface area contributed by atoms with Gasteiger partial charge in [-0.3, -0.25) is 4.79 Å². The number of alkyl halides is 1. The molecule has 2 nitrogen and oxygen atoms in total. The van der Waals surface area contributed by atoms with E-state index in [-0.39, 0.29) is 5.92 Å². The number of rotatable bonds is 5. The van der Waals surface area contributed by atoms with Crippen molar-refractivity contribution < 1.29 is 4.79 Å². The zero-order valence-corrected chi connectivity index (χ0v) is 10.9. The predicted octanol–water partition coefficient (Wildman–Crippen LogP) is 2.66. The SMILES string of the molecule is CC(C(=O)N(CCBr)C(C)C)C1CC1. The molecule has 14 heavy (non-hydrogen) atoms. The molecule has 1 saturated carbocycles. The summed E-state index contributed by atoms with van der Waals surface area (Å²) in [5.74, 6) is 1.23. The molecule has 1 rings (SSSR count). The van der Waals surface area contributed by atoms with Crippen LogP contribution in [-0.4, -0.2) is 28.7 Å². The zero-order chi connectivity index (χ0) is 10.7. The van der Waals surface area contributed by atoms with Crippen LogP contribution in [0.5, 0.6) is 0 Å². The zero-order valence-electron chi connectivity index (χ0n) is 9.29. The molecule has 0 aliphatic heterocycles. The lowest BCUT2D eigenvalue weighted by atomic mass is 10.0. The maximum Gasteiger partial charge on any atom is 0.225 e. The third-order valence-electron chi connectivity index (χ3n) is 2.95. The van der Waals surface area contributed by atoms with Gasteiger partial charge in [-0.15, -0.1) is 0 Å². The van der Waals surface area contributed by atoms with E-state index in [1.807, 2.05) is 4.90 Å². The molecule has 0 spiro atoms. The number of halogens is 1. The molecular weight excluding hydrogens is 242 g/mol. The molecule has 1 unspecified atom stereocenters. The normalized spacial score (nSPS) is 18.4. The van der Waals surface area contributed by atoms with Crippen LogP contribution in [0.1, 0.15) is 33.6 Å². The first-order chi connectivity index (χ1) is 6.57. The van der Waals surface area contributed by atoms with Crippen LogP contribution in [-0.2, 0) is 4.79 Å². The molecule has 0 saturated heterocycles. The summed E-state index contributed by atoms with van der Waals surface area (Å²) in [7, 11) is 0. The van der Waals surface area contributed by atoms with Crippen molar-refractivity contribution in [3.05, 3.63) is 0 Å². The number of carbonyl (C=O) groups excluding carboxylic acids is 1. The van der Waals surface area contributed by atoms with Gasteiger partial charge in [0, 0.05) is 23.8 Å². The lowest BCUT2D eigenvalue weighted by Gasteiger charge is -2.28. The fourth-order valence-corrected chi connectivity index (χ4v) is 2.16. The standard InChI is InChI=1S/C11H20BrNO/c1-8(2)13(7-6-12)11(14)9(3)10-4-5-10/h8-10H,4-7H2,1-3H3. The van der Waals surface area contributed by atoms with Crippen molar-refractivity contribution >= 4 is 21.8 Å². The lowest BCUT2D eigenvalue weighted by Crippen LogP contribution is -2.41. The molecule has 1 amide bonds. The first kappa shape index (κ1) is 12.0. The molecule has 0 aromatic carbocycles. The Morgan fingerprint density at radius 3 is 2.36 bits per heavy atom. The number of hydrogen-bond acceptors (Lipinski definition) is 1. The van der Waals surface area contributed by atoms with Crippen molar-refractivity contribution in [3.63, 3.8) is 0 Å². The maximum absolute atomic E-state index is 12.1. The summed E-state index contributed by atoms with van der Waals surface area (Å²) in [5, 5.41) is 0.869. The van der Waals surface area contributed by atoms with Crippen LogP contribution < -0.4 is 0 Å². The van der Waals surface area contributed by atoms with E-state index < -0.39 is 0 Å². The van der Waals surface area contributed by atoms with Gasteiger partial charge < -0.3 is 4.90 Å². The predicted molar refractivity (Wildman–Crippen MR) is 62.5 cm³/mol. The van der Waals surface area contributed by atoms with Crippen LogP contribution in [0.3, 0.4) is 0 Å². The molecule has 0 aromatic rings. The maximum atomic E-state index is 12.1. The third-order valence-corrected chi connectivity index (χ3v) is 3.31. The summed E-state index contributed by atoms with van der Waals surface area (Å²) in [6.45, 7) is 7.07. The largest absolute Gasteiger partial charge is 0.339 e. The topological polar surface area (TPSA) is 20.3 Å². The summed E-state index contributed by atoms with van der Waals surface area (Å²) < 4.78 is 0. The van der Waals surface area contributed by atoms with Crippen LogP contribution in [0, 0.1) is 11.8 Å². The van der Waals surface area contributed by atoms with E-state index in [0.29, 0.717) is 17.9 Å². The van der Waals surface area contributed by atoms with Gasteiger partial charge in [-0.25, -0.2) is 0 Å². The Morgan fingerprint density at radius 1 is 1.43 bits per heavy atom. The Balaban J connectivity index is 2.52. The summed E-state index contributed by atoms with van der Waals surface area (Å²) in [4.78, 5) is 14.0. The smallest absolute Gasteiger partial charge is 0.225 e. The van der Waals surface area contributed by atoms with E-state index in [1.165, 1.54) is 12.8 Å². The molecule has 1 atom stereocenters. The molecule has 0 N–H and O–H groups in total. The van der Waals surface area contributed by atoms with Gasteiger partial charge in [0.05, 0.1) is 0 Å². The van der Waals surface area contributed by atoms with Gasteiger partial charge in [-0.2, -0.15) is 0 Å². The Morgan fingerprint density at radius 2 is 2.00 bits per heavy atom. The highest BCUT2D eigenvalue weighted by Gasteiger charge is 2.35. The van der Waals surface area contributed by atoms with E-state index >= 15 is 0 Å². The highest BCUT2D eigenvalue weighted by Crippen LogP contribution is 2.37. The minimum atomic E-state index is 0.233. The van der Waals surface area contributed by atoms with Gasteiger partial charge >= 0.3 is 0 Å². The Kier molecular flexibility index (Phi) is 4.42. The monoisotopic (exact) mass is 261 g/mol. The average Bonchev–Trinajstić information content (AvgIpc) is 2.94. The van der Waals surface area contributed by atoms with Crippen molar-refractivity contribution in [3.8, 4) is 0 Å². The van der Waals surface area contributed by atoms with Gasteiger partial charge in [0.25, 0.3) is 0 Å². The lowest BCUT2D eigenvalue weighted by molar-refractivity contribution is -0.137. The van der Waals surface area contributed by atoms with Crippen molar-refractivity contribution in [2.24, 2.45) is 11.8 Å². The third kappa shape index (κ3) is 2.97. The van der Waals surface area contributed by atoms with Gasteiger partial charge in [0.2, 0.25) is 5.91 Å². The fraction of sp³-hybridized carbons (Fsp3) is 0.909. The number of nitrogens with zero attached hydrogens (tertiary/aromatic N) is 1. The molecule has 0 bridgehead atoms. The second kappa shape index (κ2) is 5.15.